The van der Waals surface area contributed by atoms with Crippen molar-refractivity contribution >= 4 is 21.9 Å². The van der Waals surface area contributed by atoms with Gasteiger partial charge in [-0.3, -0.25) is 24.9 Å². The lowest BCUT2D eigenvalue weighted by atomic mass is 10.0. The maximum Gasteiger partial charge on any atom is 0.159 e. The number of hydrogen-bond acceptors (Lipinski definition) is 7. The quantitative estimate of drug-likeness (QED) is 0.184. The molecule has 0 unspecified atom stereocenters. The predicted molar refractivity (Wildman–Crippen MR) is 178 cm³/mol. The predicted octanol–water partition coefficient (Wildman–Crippen LogP) is 6.83. The van der Waals surface area contributed by atoms with Crippen molar-refractivity contribution in [1.82, 2.24) is 39.9 Å². The van der Waals surface area contributed by atoms with E-state index < -0.39 is 0 Å². The summed E-state index contributed by atoms with van der Waals surface area (Å²) < 4.78 is 20.8. The highest BCUT2D eigenvalue weighted by molar-refractivity contribution is 5.97. The van der Waals surface area contributed by atoms with E-state index >= 15 is 0 Å². The number of aromatic nitrogens is 6. The van der Waals surface area contributed by atoms with Gasteiger partial charge in [-0.05, 0) is 93.3 Å². The third-order valence-electron chi connectivity index (χ3n) is 9.19. The number of imidazole rings is 1. The van der Waals surface area contributed by atoms with Gasteiger partial charge >= 0.3 is 0 Å². The fourth-order valence-corrected chi connectivity index (χ4v) is 6.82. The zero-order valence-corrected chi connectivity index (χ0v) is 25.8. The van der Waals surface area contributed by atoms with Crippen LogP contribution in [0.1, 0.15) is 37.7 Å². The highest BCUT2D eigenvalue weighted by Crippen LogP contribution is 2.34. The number of H-pyrrole nitrogens is 2. The molecule has 2 fully saturated rings. The van der Waals surface area contributed by atoms with Gasteiger partial charge in [0.25, 0.3) is 0 Å². The van der Waals surface area contributed by atoms with Gasteiger partial charge in [-0.15, -0.1) is 0 Å². The van der Waals surface area contributed by atoms with Crippen molar-refractivity contribution in [2.75, 3.05) is 39.3 Å². The molecule has 9 nitrogen and oxygen atoms in total. The number of fused-ring (bicyclic) bond motifs is 2. The van der Waals surface area contributed by atoms with Crippen molar-refractivity contribution in [3.8, 4) is 39.7 Å². The number of rotatable bonds is 9. The molecule has 10 heteroatoms. The summed E-state index contributed by atoms with van der Waals surface area (Å²) in [4.78, 5) is 22.6. The van der Waals surface area contributed by atoms with E-state index in [4.69, 9.17) is 14.7 Å². The number of piperidine rings is 1. The minimum absolute atomic E-state index is 0.339. The van der Waals surface area contributed by atoms with Crippen molar-refractivity contribution in [1.29, 1.82) is 0 Å². The molecule has 6 aromatic rings. The highest BCUT2D eigenvalue weighted by atomic mass is 19.1. The average Bonchev–Trinajstić information content (AvgIpc) is 3.85. The fourth-order valence-electron chi connectivity index (χ4n) is 6.82. The number of ether oxygens (including phenoxy) is 1. The first kappa shape index (κ1) is 28.8. The largest absolute Gasteiger partial charge is 0.492 e. The molecule has 0 spiro atoms. The monoisotopic (exact) mass is 616 g/mol. The standard InChI is InChI=1S/C36H37FN8O/c37-27-16-25(17-28(18-27)46-14-13-44-9-4-5-10-44)29-7-6-8-31-34(29)41-36(40-31)35-30-19-32(39-22-33(30)42-43-35)26-15-24(20-38-21-26)23-45-11-2-1-3-12-45/h6-8,15-22H,1-5,9-14,23H2,(H,40,41)(H,42,43). The van der Waals surface area contributed by atoms with Crippen LogP contribution in [-0.2, 0) is 6.54 Å². The lowest BCUT2D eigenvalue weighted by molar-refractivity contribution is 0.220. The number of likely N-dealkylation sites (tertiary alicyclic amines) is 2. The minimum atomic E-state index is -0.339. The van der Waals surface area contributed by atoms with Crippen molar-refractivity contribution < 1.29 is 9.13 Å². The zero-order valence-electron chi connectivity index (χ0n) is 25.8. The molecule has 0 amide bonds. The topological polar surface area (TPSA) is 98.8 Å². The lowest BCUT2D eigenvalue weighted by Gasteiger charge is -2.26. The Labute approximate surface area is 266 Å². The minimum Gasteiger partial charge on any atom is -0.492 e. The molecule has 2 aromatic carbocycles. The summed E-state index contributed by atoms with van der Waals surface area (Å²) in [6, 6.07) is 15.0. The van der Waals surface area contributed by atoms with Gasteiger partial charge in [0.2, 0.25) is 0 Å². The van der Waals surface area contributed by atoms with E-state index in [0.29, 0.717) is 23.9 Å². The number of pyridine rings is 2. The summed E-state index contributed by atoms with van der Waals surface area (Å²) in [5.74, 6) is 0.810. The average molecular weight is 617 g/mol. The molecule has 234 valence electrons. The van der Waals surface area contributed by atoms with E-state index in [1.54, 1.807) is 0 Å². The molecule has 8 rings (SSSR count). The molecular weight excluding hydrogens is 579 g/mol. The summed E-state index contributed by atoms with van der Waals surface area (Å²) >= 11 is 0. The molecule has 2 N–H and O–H groups in total. The van der Waals surface area contributed by atoms with E-state index in [2.05, 4.69) is 36.0 Å². The fraction of sp³-hybridized carbons (Fsp3) is 0.333. The molecule has 2 saturated heterocycles. The number of para-hydroxylation sites is 1. The van der Waals surface area contributed by atoms with Crippen LogP contribution < -0.4 is 4.74 Å². The number of hydrogen-bond donors (Lipinski definition) is 2. The Balaban J connectivity index is 1.08. The van der Waals surface area contributed by atoms with E-state index in [-0.39, 0.29) is 5.82 Å². The SMILES string of the molecule is Fc1cc(OCCN2CCCC2)cc(-c2cccc3[nH]c(-c4n[nH]c5cnc(-c6cncc(CN7CCCCC7)c6)cc45)nc23)c1. The zero-order chi connectivity index (χ0) is 30.9. The number of nitrogens with zero attached hydrogens (tertiary/aromatic N) is 6. The summed E-state index contributed by atoms with van der Waals surface area (Å²) in [6.07, 6.45) is 11.9. The lowest BCUT2D eigenvalue weighted by Crippen LogP contribution is -2.29. The van der Waals surface area contributed by atoms with Crippen LogP contribution in [0.5, 0.6) is 5.75 Å². The van der Waals surface area contributed by atoms with Gasteiger partial charge < -0.3 is 9.72 Å². The second kappa shape index (κ2) is 12.6. The van der Waals surface area contributed by atoms with Gasteiger partial charge in [-0.25, -0.2) is 9.37 Å². The normalized spacial score (nSPS) is 16.1. The number of aromatic amines is 2. The first-order valence-electron chi connectivity index (χ1n) is 16.3. The van der Waals surface area contributed by atoms with E-state index in [1.807, 2.05) is 48.9 Å². The van der Waals surface area contributed by atoms with Crippen molar-refractivity contribution in [3.63, 3.8) is 0 Å². The Morgan fingerprint density at radius 3 is 2.57 bits per heavy atom. The maximum absolute atomic E-state index is 14.8. The van der Waals surface area contributed by atoms with Crippen LogP contribution in [0.15, 0.2) is 67.1 Å². The summed E-state index contributed by atoms with van der Waals surface area (Å²) in [5, 5.41) is 8.64. The molecular formula is C36H37FN8O. The van der Waals surface area contributed by atoms with Crippen LogP contribution >= 0.6 is 0 Å². The molecule has 46 heavy (non-hydrogen) atoms. The van der Waals surface area contributed by atoms with Gasteiger partial charge in [0, 0.05) is 48.1 Å². The molecule has 0 atom stereocenters. The van der Waals surface area contributed by atoms with Crippen LogP contribution in [0.25, 0.3) is 55.8 Å². The third kappa shape index (κ3) is 5.98. The van der Waals surface area contributed by atoms with E-state index in [1.165, 1.54) is 49.8 Å². The van der Waals surface area contributed by atoms with Crippen LogP contribution in [0.2, 0.25) is 0 Å². The van der Waals surface area contributed by atoms with Gasteiger partial charge in [-0.2, -0.15) is 5.10 Å². The summed E-state index contributed by atoms with van der Waals surface area (Å²) in [7, 11) is 0. The second-order valence-corrected chi connectivity index (χ2v) is 12.5. The second-order valence-electron chi connectivity index (χ2n) is 12.5. The maximum atomic E-state index is 14.8. The Bertz CT molecular complexity index is 1990. The van der Waals surface area contributed by atoms with Gasteiger partial charge in [-0.1, -0.05) is 18.6 Å². The molecule has 2 aliphatic rings. The van der Waals surface area contributed by atoms with Crippen LogP contribution in [0.3, 0.4) is 0 Å². The molecule has 6 heterocycles. The Morgan fingerprint density at radius 1 is 0.826 bits per heavy atom. The van der Waals surface area contributed by atoms with Crippen LogP contribution in [0.4, 0.5) is 4.39 Å². The van der Waals surface area contributed by atoms with Crippen molar-refractivity contribution in [2.45, 2.75) is 38.6 Å². The Morgan fingerprint density at radius 2 is 1.67 bits per heavy atom. The van der Waals surface area contributed by atoms with Crippen molar-refractivity contribution in [2.24, 2.45) is 0 Å². The molecule has 0 aliphatic carbocycles. The third-order valence-corrected chi connectivity index (χ3v) is 9.19. The van der Waals surface area contributed by atoms with Crippen LogP contribution in [0, 0.1) is 5.82 Å². The smallest absolute Gasteiger partial charge is 0.159 e. The van der Waals surface area contributed by atoms with E-state index in [9.17, 15) is 4.39 Å². The highest BCUT2D eigenvalue weighted by Gasteiger charge is 2.18. The number of nitrogens with one attached hydrogen (secondary N) is 2. The molecule has 0 bridgehead atoms. The summed E-state index contributed by atoms with van der Waals surface area (Å²) in [5.41, 5.74) is 7.63. The Hall–Kier alpha value is -4.67. The van der Waals surface area contributed by atoms with E-state index in [0.717, 1.165) is 83.6 Å². The molecule has 2 aliphatic heterocycles. The molecule has 0 radical (unpaired) electrons. The molecule has 4 aromatic heterocycles. The first-order chi connectivity index (χ1) is 22.7. The Kier molecular flexibility index (Phi) is 7.89. The van der Waals surface area contributed by atoms with Gasteiger partial charge in [0.15, 0.2) is 5.82 Å². The number of halogens is 1. The summed E-state index contributed by atoms with van der Waals surface area (Å²) in [6.45, 7) is 6.76. The van der Waals surface area contributed by atoms with Gasteiger partial charge in [0.1, 0.15) is 23.9 Å². The number of benzene rings is 2. The van der Waals surface area contributed by atoms with Gasteiger partial charge in [0.05, 0.1) is 28.4 Å². The van der Waals surface area contributed by atoms with Crippen molar-refractivity contribution in [3.05, 3.63) is 78.5 Å². The molecule has 0 saturated carbocycles. The van der Waals surface area contributed by atoms with Crippen LogP contribution in [-0.4, -0.2) is 79.3 Å². The first-order valence-corrected chi connectivity index (χ1v) is 16.3.